The Morgan fingerprint density at radius 3 is 2.20 bits per heavy atom. The van der Waals surface area contributed by atoms with E-state index in [2.05, 4.69) is 0 Å². The summed E-state index contributed by atoms with van der Waals surface area (Å²) in [6.45, 7) is 5.95. The van der Waals surface area contributed by atoms with Crippen LogP contribution in [-0.2, 0) is 11.3 Å². The molecule has 0 heterocycles. The fraction of sp³-hybridized carbons (Fsp3) is 0.467. The van der Waals surface area contributed by atoms with Crippen molar-refractivity contribution in [2.24, 2.45) is 11.1 Å². The molecule has 110 valence electrons. The van der Waals surface area contributed by atoms with E-state index in [4.69, 9.17) is 5.73 Å². The summed E-state index contributed by atoms with van der Waals surface area (Å²) in [6, 6.07) is 8.85. The molecule has 0 radical (unpaired) electrons. The van der Waals surface area contributed by atoms with Gasteiger partial charge in [-0.1, -0.05) is 51.1 Å². The van der Waals surface area contributed by atoms with Crippen LogP contribution < -0.4 is 5.73 Å². The summed E-state index contributed by atoms with van der Waals surface area (Å²) in [5.41, 5.74) is 5.77. The molecule has 0 aromatic heterocycles. The van der Waals surface area contributed by atoms with Crippen LogP contribution >= 0.6 is 0 Å². The van der Waals surface area contributed by atoms with Crippen LogP contribution in [0.1, 0.15) is 32.8 Å². The summed E-state index contributed by atoms with van der Waals surface area (Å²) < 4.78 is 0. The molecule has 5 nitrogen and oxygen atoms in total. The molecule has 0 bridgehead atoms. The number of amides is 2. The summed E-state index contributed by atoms with van der Waals surface area (Å²) in [6.07, 6.45) is -1.03. The van der Waals surface area contributed by atoms with Gasteiger partial charge in [0.1, 0.15) is 0 Å². The van der Waals surface area contributed by atoms with Crippen molar-refractivity contribution in [3.05, 3.63) is 35.9 Å². The SMILES string of the molecule is CC(C)(C)[C@H](CC(N)=O)N(Cc1ccccc1)C(=O)O. The van der Waals surface area contributed by atoms with Crippen LogP contribution in [0.25, 0.3) is 0 Å². The van der Waals surface area contributed by atoms with Gasteiger partial charge in [0.2, 0.25) is 5.91 Å². The molecule has 0 saturated heterocycles. The van der Waals surface area contributed by atoms with Crippen molar-refractivity contribution in [1.29, 1.82) is 0 Å². The van der Waals surface area contributed by atoms with Gasteiger partial charge in [0.25, 0.3) is 0 Å². The van der Waals surface area contributed by atoms with Gasteiger partial charge in [-0.2, -0.15) is 0 Å². The van der Waals surface area contributed by atoms with Gasteiger partial charge >= 0.3 is 6.09 Å². The van der Waals surface area contributed by atoms with Gasteiger partial charge in [-0.05, 0) is 11.0 Å². The zero-order valence-corrected chi connectivity index (χ0v) is 12.2. The van der Waals surface area contributed by atoms with Gasteiger partial charge in [0.05, 0.1) is 0 Å². The van der Waals surface area contributed by atoms with Gasteiger partial charge < -0.3 is 15.7 Å². The Kier molecular flexibility index (Phi) is 5.13. The number of carboxylic acid groups (broad SMARTS) is 1. The Labute approximate surface area is 119 Å². The third kappa shape index (κ3) is 4.57. The Bertz CT molecular complexity index is 466. The fourth-order valence-corrected chi connectivity index (χ4v) is 2.17. The lowest BCUT2D eigenvalue weighted by molar-refractivity contribution is -0.120. The lowest BCUT2D eigenvalue weighted by Crippen LogP contribution is -2.48. The van der Waals surface area contributed by atoms with E-state index in [1.165, 1.54) is 4.90 Å². The van der Waals surface area contributed by atoms with E-state index >= 15 is 0 Å². The van der Waals surface area contributed by atoms with E-state index in [-0.39, 0.29) is 18.4 Å². The van der Waals surface area contributed by atoms with Crippen LogP contribution in [0.4, 0.5) is 4.79 Å². The predicted molar refractivity (Wildman–Crippen MR) is 77.1 cm³/mol. The number of nitrogens with zero attached hydrogens (tertiary/aromatic N) is 1. The predicted octanol–water partition coefficient (Wildman–Crippen LogP) is 2.46. The number of primary amides is 1. The highest BCUT2D eigenvalue weighted by atomic mass is 16.4. The van der Waals surface area contributed by atoms with Crippen LogP contribution in [0.2, 0.25) is 0 Å². The number of benzene rings is 1. The molecule has 0 saturated carbocycles. The molecule has 0 spiro atoms. The largest absolute Gasteiger partial charge is 0.465 e. The maximum absolute atomic E-state index is 11.5. The fourth-order valence-electron chi connectivity index (χ4n) is 2.17. The van der Waals surface area contributed by atoms with Crippen LogP contribution in [0.15, 0.2) is 30.3 Å². The smallest absolute Gasteiger partial charge is 0.407 e. The number of hydrogen-bond donors (Lipinski definition) is 2. The summed E-state index contributed by atoms with van der Waals surface area (Å²) in [7, 11) is 0. The number of carbonyl (C=O) groups is 2. The van der Waals surface area contributed by atoms with Crippen molar-refractivity contribution in [3.63, 3.8) is 0 Å². The Morgan fingerprint density at radius 1 is 1.25 bits per heavy atom. The van der Waals surface area contributed by atoms with Gasteiger partial charge in [-0.3, -0.25) is 4.79 Å². The maximum Gasteiger partial charge on any atom is 0.407 e. The standard InChI is InChI=1S/C15H22N2O3/c1-15(2,3)12(9-13(16)18)17(14(19)20)10-11-7-5-4-6-8-11/h4-8,12H,9-10H2,1-3H3,(H2,16,18)(H,19,20)/t12-/m0/s1. The van der Waals surface area contributed by atoms with Gasteiger partial charge in [0, 0.05) is 19.0 Å². The second-order valence-electron chi connectivity index (χ2n) is 5.95. The van der Waals surface area contributed by atoms with Crippen molar-refractivity contribution in [2.45, 2.75) is 39.8 Å². The number of hydrogen-bond acceptors (Lipinski definition) is 2. The highest BCUT2D eigenvalue weighted by Crippen LogP contribution is 2.28. The molecule has 1 atom stereocenters. The summed E-state index contributed by atoms with van der Waals surface area (Å²) in [5.74, 6) is -0.496. The van der Waals surface area contributed by atoms with Crippen LogP contribution in [0, 0.1) is 5.41 Å². The molecule has 0 fully saturated rings. The Morgan fingerprint density at radius 2 is 1.80 bits per heavy atom. The first-order chi connectivity index (χ1) is 9.21. The molecule has 0 aliphatic rings. The van der Waals surface area contributed by atoms with E-state index in [0.29, 0.717) is 0 Å². The lowest BCUT2D eigenvalue weighted by atomic mass is 9.83. The number of carbonyl (C=O) groups excluding carboxylic acids is 1. The molecular formula is C15H22N2O3. The first-order valence-electron chi connectivity index (χ1n) is 6.53. The van der Waals surface area contributed by atoms with Gasteiger partial charge in [-0.25, -0.2) is 4.79 Å². The Balaban J connectivity index is 3.02. The zero-order valence-electron chi connectivity index (χ0n) is 12.2. The number of nitrogens with two attached hydrogens (primary N) is 1. The second kappa shape index (κ2) is 6.41. The highest BCUT2D eigenvalue weighted by Gasteiger charge is 2.34. The van der Waals surface area contributed by atoms with Crippen LogP contribution in [0.3, 0.4) is 0 Å². The average molecular weight is 278 g/mol. The minimum absolute atomic E-state index is 0.0165. The normalized spacial score (nSPS) is 12.8. The topological polar surface area (TPSA) is 83.6 Å². The van der Waals surface area contributed by atoms with Crippen molar-refractivity contribution in [1.82, 2.24) is 4.90 Å². The molecule has 20 heavy (non-hydrogen) atoms. The Hall–Kier alpha value is -2.04. The minimum atomic E-state index is -1.05. The first-order valence-corrected chi connectivity index (χ1v) is 6.53. The maximum atomic E-state index is 11.5. The van der Waals surface area contributed by atoms with Gasteiger partial charge in [0.15, 0.2) is 0 Å². The van der Waals surface area contributed by atoms with Gasteiger partial charge in [-0.15, -0.1) is 0 Å². The minimum Gasteiger partial charge on any atom is -0.465 e. The molecule has 0 unspecified atom stereocenters. The highest BCUT2D eigenvalue weighted by molar-refractivity contribution is 5.75. The van der Waals surface area contributed by atoms with E-state index in [1.807, 2.05) is 51.1 Å². The summed E-state index contributed by atoms with van der Waals surface area (Å²) >= 11 is 0. The van der Waals surface area contributed by atoms with Crippen LogP contribution in [-0.4, -0.2) is 28.0 Å². The summed E-state index contributed by atoms with van der Waals surface area (Å²) in [5, 5.41) is 9.46. The van der Waals surface area contributed by atoms with E-state index in [9.17, 15) is 14.7 Å². The van der Waals surface area contributed by atoms with Crippen molar-refractivity contribution in [2.75, 3.05) is 0 Å². The quantitative estimate of drug-likeness (QED) is 0.867. The molecule has 2 amide bonds. The second-order valence-corrected chi connectivity index (χ2v) is 5.95. The molecule has 0 aliphatic carbocycles. The molecule has 5 heteroatoms. The molecule has 1 rings (SSSR count). The lowest BCUT2D eigenvalue weighted by Gasteiger charge is -2.38. The number of rotatable bonds is 5. The molecule has 1 aromatic carbocycles. The van der Waals surface area contributed by atoms with Crippen molar-refractivity contribution in [3.8, 4) is 0 Å². The molecule has 3 N–H and O–H groups in total. The molecule has 0 aliphatic heterocycles. The zero-order chi connectivity index (χ0) is 15.3. The van der Waals surface area contributed by atoms with E-state index < -0.39 is 18.0 Å². The third-order valence-electron chi connectivity index (χ3n) is 3.21. The monoisotopic (exact) mass is 278 g/mol. The third-order valence-corrected chi connectivity index (χ3v) is 3.21. The van der Waals surface area contributed by atoms with E-state index in [0.717, 1.165) is 5.56 Å². The van der Waals surface area contributed by atoms with Crippen LogP contribution in [0.5, 0.6) is 0 Å². The van der Waals surface area contributed by atoms with E-state index in [1.54, 1.807) is 0 Å². The molecular weight excluding hydrogens is 256 g/mol. The van der Waals surface area contributed by atoms with Crippen molar-refractivity contribution < 1.29 is 14.7 Å². The van der Waals surface area contributed by atoms with Crippen molar-refractivity contribution >= 4 is 12.0 Å². The molecule has 1 aromatic rings. The first kappa shape index (κ1) is 16.0. The average Bonchev–Trinajstić information content (AvgIpc) is 2.33. The summed E-state index contributed by atoms with van der Waals surface area (Å²) in [4.78, 5) is 24.1.